The minimum absolute atomic E-state index is 0.290. The molecule has 0 amide bonds. The molecule has 78 valence electrons. The van der Waals surface area contributed by atoms with E-state index in [1.54, 1.807) is 0 Å². The van der Waals surface area contributed by atoms with Gasteiger partial charge in [-0.1, -0.05) is 39.5 Å². The van der Waals surface area contributed by atoms with Gasteiger partial charge in [0.1, 0.15) is 0 Å². The highest BCUT2D eigenvalue weighted by atomic mass is 32.2. The Bertz CT molecular complexity index is 137. The Kier molecular flexibility index (Phi) is 8.30. The van der Waals surface area contributed by atoms with Gasteiger partial charge in [0.05, 0.1) is 5.97 Å². The van der Waals surface area contributed by atoms with Gasteiger partial charge in [-0.3, -0.25) is 0 Å². The Balaban J connectivity index is 3.51. The second-order valence-electron chi connectivity index (χ2n) is 3.11. The number of unbranched alkanes of at least 4 members (excludes halogenated alkanes) is 3. The molecule has 1 atom stereocenters. The van der Waals surface area contributed by atoms with Crippen LogP contribution < -0.4 is 5.11 Å². The topological polar surface area (TPSA) is 40.1 Å². The van der Waals surface area contributed by atoms with Crippen molar-refractivity contribution in [2.75, 3.05) is 5.75 Å². The summed E-state index contributed by atoms with van der Waals surface area (Å²) in [6.45, 7) is 4.13. The number of carboxylic acids is 1. The van der Waals surface area contributed by atoms with Gasteiger partial charge in [0.2, 0.25) is 0 Å². The summed E-state index contributed by atoms with van der Waals surface area (Å²) < 4.78 is 0. The summed E-state index contributed by atoms with van der Waals surface area (Å²) in [5, 5.41) is 10.3. The Labute approximate surface area is 85.1 Å². The fourth-order valence-corrected chi connectivity index (χ4v) is 2.10. The van der Waals surface area contributed by atoms with Crippen molar-refractivity contribution in [3.05, 3.63) is 0 Å². The molecule has 1 unspecified atom stereocenters. The molecule has 0 saturated carbocycles. The molecule has 0 spiro atoms. The number of carbonyl (C=O) groups is 1. The van der Waals surface area contributed by atoms with Crippen LogP contribution in [0, 0.1) is 0 Å². The summed E-state index contributed by atoms with van der Waals surface area (Å²) in [5.41, 5.74) is 0. The molecule has 0 aromatic heterocycles. The van der Waals surface area contributed by atoms with Crippen molar-refractivity contribution >= 4 is 17.7 Å². The van der Waals surface area contributed by atoms with Crippen molar-refractivity contribution < 1.29 is 9.90 Å². The number of hydrogen-bond donors (Lipinski definition) is 0. The molecule has 0 aliphatic heterocycles. The molecule has 0 heterocycles. The molecule has 0 aromatic rings. The molecule has 0 N–H and O–H groups in total. The van der Waals surface area contributed by atoms with Crippen LogP contribution in [0.3, 0.4) is 0 Å². The Morgan fingerprint density at radius 3 is 2.46 bits per heavy atom. The highest BCUT2D eigenvalue weighted by Crippen LogP contribution is 2.17. The highest BCUT2D eigenvalue weighted by molar-refractivity contribution is 8.00. The van der Waals surface area contributed by atoms with Crippen molar-refractivity contribution in [3.63, 3.8) is 0 Å². The third kappa shape index (κ3) is 6.94. The molecule has 0 aliphatic rings. The van der Waals surface area contributed by atoms with Gasteiger partial charge in [0.15, 0.2) is 0 Å². The van der Waals surface area contributed by atoms with Gasteiger partial charge in [0.25, 0.3) is 0 Å². The largest absolute Gasteiger partial charge is 0.549 e. The number of carboxylic acid groups (broad SMARTS) is 1. The summed E-state index contributed by atoms with van der Waals surface area (Å²) in [7, 11) is 0. The third-order valence-corrected chi connectivity index (χ3v) is 3.11. The van der Waals surface area contributed by atoms with Gasteiger partial charge in [-0.25, -0.2) is 0 Å². The fourth-order valence-electron chi connectivity index (χ4n) is 1.23. The predicted molar refractivity (Wildman–Crippen MR) is 55.7 cm³/mol. The maximum atomic E-state index is 10.6. The van der Waals surface area contributed by atoms with Crippen LogP contribution in [0.2, 0.25) is 0 Å². The van der Waals surface area contributed by atoms with Crippen LogP contribution >= 0.6 is 11.8 Å². The monoisotopic (exact) mass is 203 g/mol. The fraction of sp³-hybridized carbons (Fsp3) is 0.900. The van der Waals surface area contributed by atoms with Crippen molar-refractivity contribution in [1.29, 1.82) is 0 Å². The zero-order valence-corrected chi connectivity index (χ0v) is 9.36. The van der Waals surface area contributed by atoms with Crippen LogP contribution in [0.5, 0.6) is 0 Å². The first-order valence-electron chi connectivity index (χ1n) is 5.04. The number of thioether (sulfide) groups is 1. The van der Waals surface area contributed by atoms with E-state index in [-0.39, 0.29) is 5.25 Å². The maximum absolute atomic E-state index is 10.6. The highest BCUT2D eigenvalue weighted by Gasteiger charge is 2.08. The molecule has 0 saturated heterocycles. The van der Waals surface area contributed by atoms with Gasteiger partial charge in [0, 0.05) is 5.25 Å². The zero-order valence-electron chi connectivity index (χ0n) is 8.54. The van der Waals surface area contributed by atoms with Crippen molar-refractivity contribution in [2.45, 2.75) is 51.2 Å². The van der Waals surface area contributed by atoms with E-state index in [0.717, 1.165) is 25.0 Å². The smallest absolute Gasteiger partial charge is 0.0544 e. The van der Waals surface area contributed by atoms with E-state index in [4.69, 9.17) is 0 Å². The van der Waals surface area contributed by atoms with Gasteiger partial charge in [-0.05, 0) is 12.2 Å². The Hall–Kier alpha value is -0.180. The lowest BCUT2D eigenvalue weighted by atomic mass is 10.1. The molecule has 0 radical (unpaired) electrons. The van der Waals surface area contributed by atoms with Crippen molar-refractivity contribution in [3.8, 4) is 0 Å². The predicted octanol–water partition coefficient (Wildman–Crippen LogP) is 1.83. The summed E-state index contributed by atoms with van der Waals surface area (Å²) in [6, 6.07) is 0. The minimum Gasteiger partial charge on any atom is -0.549 e. The second kappa shape index (κ2) is 8.42. The number of aliphatic carboxylic acids is 1. The van der Waals surface area contributed by atoms with Crippen LogP contribution in [0.1, 0.15) is 46.0 Å². The summed E-state index contributed by atoms with van der Waals surface area (Å²) in [4.78, 5) is 10.6. The molecule has 0 aliphatic carbocycles. The van der Waals surface area contributed by atoms with Crippen molar-refractivity contribution in [2.24, 2.45) is 0 Å². The van der Waals surface area contributed by atoms with Crippen LogP contribution in [0.25, 0.3) is 0 Å². The Morgan fingerprint density at radius 1 is 1.31 bits per heavy atom. The average molecular weight is 203 g/mol. The first-order valence-corrected chi connectivity index (χ1v) is 6.09. The lowest BCUT2D eigenvalue weighted by Crippen LogP contribution is -2.33. The Morgan fingerprint density at radius 2 is 2.00 bits per heavy atom. The van der Waals surface area contributed by atoms with Crippen LogP contribution in [-0.4, -0.2) is 17.0 Å². The van der Waals surface area contributed by atoms with E-state index in [0.29, 0.717) is 0 Å². The first kappa shape index (κ1) is 12.8. The molecule has 3 heteroatoms. The second-order valence-corrected chi connectivity index (χ2v) is 4.59. The van der Waals surface area contributed by atoms with E-state index < -0.39 is 5.97 Å². The van der Waals surface area contributed by atoms with E-state index >= 15 is 0 Å². The molecule has 0 rings (SSSR count). The maximum Gasteiger partial charge on any atom is 0.0544 e. The quantitative estimate of drug-likeness (QED) is 0.565. The lowest BCUT2D eigenvalue weighted by molar-refractivity contribution is -0.304. The number of carbonyl (C=O) groups excluding carboxylic acids is 1. The molecule has 0 aromatic carbocycles. The van der Waals surface area contributed by atoms with Crippen LogP contribution in [0.15, 0.2) is 0 Å². The van der Waals surface area contributed by atoms with E-state index in [2.05, 4.69) is 6.92 Å². The van der Waals surface area contributed by atoms with Crippen LogP contribution in [0.4, 0.5) is 0 Å². The SMILES string of the molecule is CCCCCCC(SCC)C(=O)[O-]. The van der Waals surface area contributed by atoms with Gasteiger partial charge in [-0.2, -0.15) is 11.8 Å². The molecule has 13 heavy (non-hydrogen) atoms. The van der Waals surface area contributed by atoms with Gasteiger partial charge < -0.3 is 9.90 Å². The first-order chi connectivity index (χ1) is 6.22. The normalized spacial score (nSPS) is 12.8. The molecule has 0 bridgehead atoms. The lowest BCUT2D eigenvalue weighted by Gasteiger charge is -2.16. The molecule has 2 nitrogen and oxygen atoms in total. The van der Waals surface area contributed by atoms with Gasteiger partial charge >= 0.3 is 0 Å². The standard InChI is InChI=1S/C10H20O2S/c1-3-5-6-7-8-9(10(11)12)13-4-2/h9H,3-8H2,1-2H3,(H,11,12)/p-1. The van der Waals surface area contributed by atoms with E-state index in [9.17, 15) is 9.90 Å². The minimum atomic E-state index is -0.900. The molecular weight excluding hydrogens is 184 g/mol. The van der Waals surface area contributed by atoms with E-state index in [1.165, 1.54) is 24.6 Å². The van der Waals surface area contributed by atoms with Crippen molar-refractivity contribution in [1.82, 2.24) is 0 Å². The van der Waals surface area contributed by atoms with Crippen LogP contribution in [-0.2, 0) is 4.79 Å². The van der Waals surface area contributed by atoms with Gasteiger partial charge in [-0.15, -0.1) is 0 Å². The third-order valence-electron chi connectivity index (χ3n) is 1.95. The average Bonchev–Trinajstić information content (AvgIpc) is 2.10. The summed E-state index contributed by atoms with van der Waals surface area (Å²) in [5.74, 6) is -0.0461. The number of rotatable bonds is 8. The zero-order chi connectivity index (χ0) is 10.1. The molecule has 0 fully saturated rings. The summed E-state index contributed by atoms with van der Waals surface area (Å²) >= 11 is 1.48. The van der Waals surface area contributed by atoms with E-state index in [1.807, 2.05) is 6.92 Å². The number of hydrogen-bond acceptors (Lipinski definition) is 3. The summed E-state index contributed by atoms with van der Waals surface area (Å²) in [6.07, 6.45) is 5.32. The molecular formula is C10H19O2S-.